The van der Waals surface area contributed by atoms with Gasteiger partial charge in [-0.2, -0.15) is 0 Å². The highest BCUT2D eigenvalue weighted by Gasteiger charge is 2.12. The summed E-state index contributed by atoms with van der Waals surface area (Å²) in [5, 5.41) is 2.93. The van der Waals surface area contributed by atoms with Crippen LogP contribution < -0.4 is 19.5 Å². The first-order valence-corrected chi connectivity index (χ1v) is 10.7. The number of nitrogens with one attached hydrogen (secondary N) is 1. The molecule has 0 spiro atoms. The zero-order valence-electron chi connectivity index (χ0n) is 16.4. The Morgan fingerprint density at radius 3 is 2.70 bits per heavy atom. The highest BCUT2D eigenvalue weighted by molar-refractivity contribution is 8.00. The Morgan fingerprint density at radius 1 is 1.00 bits per heavy atom. The van der Waals surface area contributed by atoms with Gasteiger partial charge in [0, 0.05) is 23.7 Å². The van der Waals surface area contributed by atoms with Gasteiger partial charge in [0.1, 0.15) is 19.8 Å². The van der Waals surface area contributed by atoms with E-state index in [1.165, 1.54) is 11.8 Å². The molecule has 154 valence electrons. The first-order chi connectivity index (χ1) is 14.8. The maximum atomic E-state index is 12.2. The molecule has 0 aliphatic carbocycles. The van der Waals surface area contributed by atoms with Crippen molar-refractivity contribution in [1.29, 1.82) is 0 Å². The fourth-order valence-electron chi connectivity index (χ4n) is 2.88. The van der Waals surface area contributed by atoms with E-state index in [1.807, 2.05) is 60.7 Å². The Labute approximate surface area is 179 Å². The molecular weight excluding hydrogens is 400 g/mol. The zero-order chi connectivity index (χ0) is 20.6. The maximum absolute atomic E-state index is 12.2. The minimum absolute atomic E-state index is 0.0431. The third-order valence-corrected chi connectivity index (χ3v) is 5.40. The molecule has 0 unspecified atom stereocenters. The van der Waals surface area contributed by atoms with Crippen LogP contribution in [0, 0.1) is 0 Å². The number of rotatable bonds is 8. The molecule has 0 fully saturated rings. The van der Waals surface area contributed by atoms with Crippen molar-refractivity contribution in [2.45, 2.75) is 18.0 Å². The summed E-state index contributed by atoms with van der Waals surface area (Å²) in [6, 6.07) is 19.4. The Hall–Kier alpha value is -3.19. The highest BCUT2D eigenvalue weighted by Crippen LogP contribution is 2.34. The lowest BCUT2D eigenvalue weighted by Crippen LogP contribution is -2.24. The van der Waals surface area contributed by atoms with Crippen molar-refractivity contribution in [2.75, 3.05) is 19.0 Å². The van der Waals surface area contributed by atoms with Crippen LogP contribution >= 0.6 is 11.8 Å². The third-order valence-electron chi connectivity index (χ3n) is 4.40. The summed E-state index contributed by atoms with van der Waals surface area (Å²) in [6.07, 6.45) is 1.69. The number of hydrogen-bond donors (Lipinski definition) is 1. The van der Waals surface area contributed by atoms with Gasteiger partial charge in [-0.05, 0) is 35.4 Å². The minimum Gasteiger partial charge on any atom is -0.486 e. The maximum Gasteiger partial charge on any atom is 0.230 e. The van der Waals surface area contributed by atoms with Crippen LogP contribution in [0.25, 0.3) is 0 Å². The molecule has 4 rings (SSSR count). The van der Waals surface area contributed by atoms with Gasteiger partial charge in [0.15, 0.2) is 11.5 Å². The molecule has 0 radical (unpaired) electrons. The van der Waals surface area contributed by atoms with E-state index >= 15 is 0 Å². The van der Waals surface area contributed by atoms with Gasteiger partial charge in [-0.3, -0.25) is 4.79 Å². The molecule has 1 amide bonds. The van der Waals surface area contributed by atoms with Crippen LogP contribution in [0.3, 0.4) is 0 Å². The SMILES string of the molecule is O=C(CSc1ccc2c(c1)OCCO2)NCc1ccnc(OCc2ccccc2)c1. The van der Waals surface area contributed by atoms with E-state index in [0.717, 1.165) is 27.5 Å². The van der Waals surface area contributed by atoms with Crippen LogP contribution in [0.1, 0.15) is 11.1 Å². The molecule has 0 atom stereocenters. The molecule has 2 aromatic carbocycles. The first kappa shape index (κ1) is 20.1. The molecule has 1 aromatic heterocycles. The highest BCUT2D eigenvalue weighted by atomic mass is 32.2. The average molecular weight is 423 g/mol. The smallest absolute Gasteiger partial charge is 0.230 e. The molecule has 1 aliphatic rings. The number of carbonyl (C=O) groups excluding carboxylic acids is 1. The first-order valence-electron chi connectivity index (χ1n) is 9.67. The molecule has 6 nitrogen and oxygen atoms in total. The third kappa shape index (κ3) is 5.67. The number of fused-ring (bicyclic) bond motifs is 1. The van der Waals surface area contributed by atoms with Gasteiger partial charge in [-0.15, -0.1) is 11.8 Å². The molecule has 1 aliphatic heterocycles. The number of carbonyl (C=O) groups is 1. The number of amides is 1. The zero-order valence-corrected chi connectivity index (χ0v) is 17.2. The Bertz CT molecular complexity index is 998. The number of aromatic nitrogens is 1. The molecule has 3 aromatic rings. The van der Waals surface area contributed by atoms with Gasteiger partial charge in [-0.1, -0.05) is 30.3 Å². The van der Waals surface area contributed by atoms with Gasteiger partial charge in [0.05, 0.1) is 5.75 Å². The number of pyridine rings is 1. The number of hydrogen-bond acceptors (Lipinski definition) is 6. The van der Waals surface area contributed by atoms with E-state index in [9.17, 15) is 4.79 Å². The quantitative estimate of drug-likeness (QED) is 0.556. The number of benzene rings is 2. The second kappa shape index (κ2) is 10.0. The Kier molecular flexibility index (Phi) is 6.72. The number of thioether (sulfide) groups is 1. The van der Waals surface area contributed by atoms with E-state index in [1.54, 1.807) is 6.20 Å². The van der Waals surface area contributed by atoms with Crippen molar-refractivity contribution in [2.24, 2.45) is 0 Å². The van der Waals surface area contributed by atoms with Gasteiger partial charge in [0.2, 0.25) is 11.8 Å². The van der Waals surface area contributed by atoms with Crippen LogP contribution in [0.15, 0.2) is 71.8 Å². The van der Waals surface area contributed by atoms with Crippen molar-refractivity contribution < 1.29 is 19.0 Å². The summed E-state index contributed by atoms with van der Waals surface area (Å²) in [6.45, 7) is 1.99. The predicted molar refractivity (Wildman–Crippen MR) is 115 cm³/mol. The van der Waals surface area contributed by atoms with E-state index in [4.69, 9.17) is 14.2 Å². The standard InChI is InChI=1S/C23H22N2O4S/c26-22(16-30-19-6-7-20-21(13-19)28-11-10-27-20)25-14-18-8-9-24-23(12-18)29-15-17-4-2-1-3-5-17/h1-9,12-13H,10-11,14-16H2,(H,25,26). The fourth-order valence-corrected chi connectivity index (χ4v) is 3.64. The molecule has 0 saturated heterocycles. The van der Waals surface area contributed by atoms with Gasteiger partial charge >= 0.3 is 0 Å². The van der Waals surface area contributed by atoms with Crippen LogP contribution in [0.4, 0.5) is 0 Å². The Balaban J connectivity index is 1.24. The molecule has 0 saturated carbocycles. The lowest BCUT2D eigenvalue weighted by Gasteiger charge is -2.18. The summed E-state index contributed by atoms with van der Waals surface area (Å²) in [4.78, 5) is 17.4. The topological polar surface area (TPSA) is 69.7 Å². The van der Waals surface area contributed by atoms with Gasteiger partial charge in [-0.25, -0.2) is 4.98 Å². The molecule has 30 heavy (non-hydrogen) atoms. The second-order valence-corrected chi connectivity index (χ2v) is 7.70. The van der Waals surface area contributed by atoms with Crippen molar-refractivity contribution in [1.82, 2.24) is 10.3 Å². The van der Waals surface area contributed by atoms with E-state index in [0.29, 0.717) is 38.0 Å². The lowest BCUT2D eigenvalue weighted by atomic mass is 10.2. The summed E-state index contributed by atoms with van der Waals surface area (Å²) >= 11 is 1.46. The van der Waals surface area contributed by atoms with E-state index in [2.05, 4.69) is 10.3 Å². The molecule has 0 bridgehead atoms. The van der Waals surface area contributed by atoms with E-state index < -0.39 is 0 Å². The molecule has 1 N–H and O–H groups in total. The van der Waals surface area contributed by atoms with Crippen LogP contribution in [0.5, 0.6) is 17.4 Å². The van der Waals surface area contributed by atoms with Crippen LogP contribution in [-0.2, 0) is 17.9 Å². The van der Waals surface area contributed by atoms with Crippen LogP contribution in [0.2, 0.25) is 0 Å². The molecular formula is C23H22N2O4S. The fraction of sp³-hybridized carbons (Fsp3) is 0.217. The van der Waals surface area contributed by atoms with Crippen molar-refractivity contribution >= 4 is 17.7 Å². The summed E-state index contributed by atoms with van der Waals surface area (Å²) in [5.74, 6) is 2.29. The largest absolute Gasteiger partial charge is 0.486 e. The second-order valence-electron chi connectivity index (χ2n) is 6.65. The number of nitrogens with zero attached hydrogens (tertiary/aromatic N) is 1. The summed E-state index contributed by atoms with van der Waals surface area (Å²) < 4.78 is 16.8. The average Bonchev–Trinajstić information content (AvgIpc) is 2.81. The van der Waals surface area contributed by atoms with Crippen molar-refractivity contribution in [3.05, 3.63) is 78.0 Å². The monoisotopic (exact) mass is 422 g/mol. The Morgan fingerprint density at radius 2 is 1.83 bits per heavy atom. The molecule has 7 heteroatoms. The minimum atomic E-state index is -0.0431. The van der Waals surface area contributed by atoms with Crippen LogP contribution in [-0.4, -0.2) is 29.9 Å². The normalized spacial score (nSPS) is 12.3. The van der Waals surface area contributed by atoms with Crippen molar-refractivity contribution in [3.8, 4) is 17.4 Å². The summed E-state index contributed by atoms with van der Waals surface area (Å²) in [5.41, 5.74) is 2.01. The van der Waals surface area contributed by atoms with Gasteiger partial charge in [0.25, 0.3) is 0 Å². The van der Waals surface area contributed by atoms with Crippen molar-refractivity contribution in [3.63, 3.8) is 0 Å². The summed E-state index contributed by atoms with van der Waals surface area (Å²) in [7, 11) is 0. The van der Waals surface area contributed by atoms with E-state index in [-0.39, 0.29) is 5.91 Å². The molecule has 2 heterocycles. The van der Waals surface area contributed by atoms with Gasteiger partial charge < -0.3 is 19.5 Å². The predicted octanol–water partition coefficient (Wildman–Crippen LogP) is 3.84. The number of ether oxygens (including phenoxy) is 3. The lowest BCUT2D eigenvalue weighted by molar-refractivity contribution is -0.118.